The van der Waals surface area contributed by atoms with Crippen molar-refractivity contribution in [2.24, 2.45) is 5.92 Å². The first kappa shape index (κ1) is 17.2. The average Bonchev–Trinajstić information content (AvgIpc) is 2.35. The van der Waals surface area contributed by atoms with Crippen LogP contribution in [-0.2, 0) is 12.0 Å². The Kier molecular flexibility index (Phi) is 6.75. The summed E-state index contributed by atoms with van der Waals surface area (Å²) in [6.45, 7) is 14.7. The highest BCUT2D eigenvalue weighted by molar-refractivity contribution is 5.27. The minimum atomic E-state index is 0.246. The summed E-state index contributed by atoms with van der Waals surface area (Å²) in [6.07, 6.45) is 3.94. The van der Waals surface area contributed by atoms with Gasteiger partial charge in [-0.15, -0.1) is 0 Å². The lowest BCUT2D eigenvalue weighted by Crippen LogP contribution is -2.25. The summed E-state index contributed by atoms with van der Waals surface area (Å²) in [4.78, 5) is 0. The fourth-order valence-corrected chi connectivity index (χ4v) is 2.35. The SMILES string of the molecule is CC(C)CCCC(C)NCc1ccc(C(C)(C)C)cc1. The molecule has 1 nitrogen and oxygen atoms in total. The maximum Gasteiger partial charge on any atom is 0.0207 e. The van der Waals surface area contributed by atoms with Crippen molar-refractivity contribution in [3.63, 3.8) is 0 Å². The highest BCUT2D eigenvalue weighted by Crippen LogP contribution is 2.22. The van der Waals surface area contributed by atoms with Gasteiger partial charge in [0, 0.05) is 12.6 Å². The van der Waals surface area contributed by atoms with Crippen LogP contribution in [0.4, 0.5) is 0 Å². The molecule has 1 heteroatoms. The molecule has 0 aliphatic rings. The number of benzene rings is 1. The Labute approximate surface area is 126 Å². The van der Waals surface area contributed by atoms with Crippen molar-refractivity contribution in [3.05, 3.63) is 35.4 Å². The van der Waals surface area contributed by atoms with Gasteiger partial charge in [0.25, 0.3) is 0 Å². The van der Waals surface area contributed by atoms with Crippen LogP contribution in [0.5, 0.6) is 0 Å². The molecular formula is C19H33N. The molecule has 0 saturated heterocycles. The van der Waals surface area contributed by atoms with Gasteiger partial charge in [-0.2, -0.15) is 0 Å². The van der Waals surface area contributed by atoms with Gasteiger partial charge >= 0.3 is 0 Å². The molecule has 0 radical (unpaired) electrons. The van der Waals surface area contributed by atoms with E-state index in [0.717, 1.165) is 12.5 Å². The molecule has 0 amide bonds. The van der Waals surface area contributed by atoms with Crippen molar-refractivity contribution in [3.8, 4) is 0 Å². The minimum absolute atomic E-state index is 0.246. The van der Waals surface area contributed by atoms with Crippen LogP contribution in [0.2, 0.25) is 0 Å². The van der Waals surface area contributed by atoms with Crippen molar-refractivity contribution in [1.82, 2.24) is 5.32 Å². The standard InChI is InChI=1S/C19H33N/c1-15(2)8-7-9-16(3)20-14-17-10-12-18(13-11-17)19(4,5)6/h10-13,15-16,20H,7-9,14H2,1-6H3. The van der Waals surface area contributed by atoms with E-state index in [1.807, 2.05) is 0 Å². The van der Waals surface area contributed by atoms with Gasteiger partial charge in [-0.3, -0.25) is 0 Å². The van der Waals surface area contributed by atoms with Crippen LogP contribution in [0.1, 0.15) is 71.9 Å². The summed E-state index contributed by atoms with van der Waals surface area (Å²) in [5, 5.41) is 3.63. The van der Waals surface area contributed by atoms with Crippen molar-refractivity contribution in [1.29, 1.82) is 0 Å². The first-order chi connectivity index (χ1) is 9.29. The maximum absolute atomic E-state index is 3.63. The van der Waals surface area contributed by atoms with Gasteiger partial charge in [0.2, 0.25) is 0 Å². The summed E-state index contributed by atoms with van der Waals surface area (Å²) >= 11 is 0. The molecule has 0 heterocycles. The minimum Gasteiger partial charge on any atom is -0.310 e. The summed E-state index contributed by atoms with van der Waals surface area (Å²) in [7, 11) is 0. The molecule has 0 aromatic heterocycles. The molecule has 0 spiro atoms. The van der Waals surface area contributed by atoms with Crippen molar-refractivity contribution >= 4 is 0 Å². The maximum atomic E-state index is 3.63. The summed E-state index contributed by atoms with van der Waals surface area (Å²) < 4.78 is 0. The summed E-state index contributed by atoms with van der Waals surface area (Å²) in [5.41, 5.74) is 3.04. The van der Waals surface area contributed by atoms with Crippen LogP contribution < -0.4 is 5.32 Å². The Morgan fingerprint density at radius 1 is 0.950 bits per heavy atom. The van der Waals surface area contributed by atoms with Gasteiger partial charge in [-0.05, 0) is 35.8 Å². The van der Waals surface area contributed by atoms with Crippen molar-refractivity contribution < 1.29 is 0 Å². The van der Waals surface area contributed by atoms with Gasteiger partial charge in [0.15, 0.2) is 0 Å². The topological polar surface area (TPSA) is 12.0 Å². The third kappa shape index (κ3) is 6.56. The first-order valence-electron chi connectivity index (χ1n) is 8.12. The second kappa shape index (κ2) is 7.83. The smallest absolute Gasteiger partial charge is 0.0207 e. The van der Waals surface area contributed by atoms with Crippen LogP contribution >= 0.6 is 0 Å². The second-order valence-corrected chi connectivity index (χ2v) is 7.55. The number of rotatable bonds is 7. The fraction of sp³-hybridized carbons (Fsp3) is 0.684. The molecule has 0 aliphatic carbocycles. The van der Waals surface area contributed by atoms with E-state index in [0.29, 0.717) is 6.04 Å². The lowest BCUT2D eigenvalue weighted by atomic mass is 9.87. The van der Waals surface area contributed by atoms with Gasteiger partial charge in [-0.25, -0.2) is 0 Å². The Balaban J connectivity index is 2.34. The zero-order valence-corrected chi connectivity index (χ0v) is 14.3. The van der Waals surface area contributed by atoms with E-state index in [1.165, 1.54) is 30.4 Å². The van der Waals surface area contributed by atoms with E-state index in [4.69, 9.17) is 0 Å². The number of hydrogen-bond acceptors (Lipinski definition) is 1. The van der Waals surface area contributed by atoms with E-state index in [9.17, 15) is 0 Å². The molecule has 1 atom stereocenters. The molecule has 1 aromatic rings. The quantitative estimate of drug-likeness (QED) is 0.713. The molecule has 1 N–H and O–H groups in total. The number of nitrogens with one attached hydrogen (secondary N) is 1. The summed E-state index contributed by atoms with van der Waals surface area (Å²) in [6, 6.07) is 9.65. The molecule has 1 unspecified atom stereocenters. The predicted molar refractivity (Wildman–Crippen MR) is 90.1 cm³/mol. The molecule has 1 aromatic carbocycles. The Hall–Kier alpha value is -0.820. The summed E-state index contributed by atoms with van der Waals surface area (Å²) in [5.74, 6) is 0.826. The van der Waals surface area contributed by atoms with Crippen LogP contribution in [-0.4, -0.2) is 6.04 Å². The van der Waals surface area contributed by atoms with E-state index in [1.54, 1.807) is 0 Å². The van der Waals surface area contributed by atoms with E-state index in [2.05, 4.69) is 71.1 Å². The van der Waals surface area contributed by atoms with Crippen LogP contribution in [0.3, 0.4) is 0 Å². The highest BCUT2D eigenvalue weighted by Gasteiger charge is 2.12. The predicted octanol–water partition coefficient (Wildman–Crippen LogP) is 5.29. The Morgan fingerprint density at radius 2 is 1.55 bits per heavy atom. The lowest BCUT2D eigenvalue weighted by molar-refractivity contribution is 0.457. The van der Waals surface area contributed by atoms with Crippen molar-refractivity contribution in [2.75, 3.05) is 0 Å². The fourth-order valence-electron chi connectivity index (χ4n) is 2.35. The largest absolute Gasteiger partial charge is 0.310 e. The number of hydrogen-bond donors (Lipinski definition) is 1. The van der Waals surface area contributed by atoms with Crippen LogP contribution in [0.25, 0.3) is 0 Å². The molecule has 1 rings (SSSR count). The van der Waals surface area contributed by atoms with E-state index < -0.39 is 0 Å². The molecule has 114 valence electrons. The van der Waals surface area contributed by atoms with Crippen LogP contribution in [0, 0.1) is 5.92 Å². The third-order valence-corrected chi connectivity index (χ3v) is 3.89. The van der Waals surface area contributed by atoms with Crippen LogP contribution in [0.15, 0.2) is 24.3 Å². The zero-order chi connectivity index (χ0) is 15.2. The molecule has 0 saturated carbocycles. The second-order valence-electron chi connectivity index (χ2n) is 7.55. The third-order valence-electron chi connectivity index (χ3n) is 3.89. The molecule has 20 heavy (non-hydrogen) atoms. The normalized spacial score (nSPS) is 13.8. The molecule has 0 bridgehead atoms. The highest BCUT2D eigenvalue weighted by atomic mass is 14.9. The zero-order valence-electron chi connectivity index (χ0n) is 14.3. The van der Waals surface area contributed by atoms with Gasteiger partial charge in [-0.1, -0.05) is 71.7 Å². The van der Waals surface area contributed by atoms with Gasteiger partial charge in [0.05, 0.1) is 0 Å². The van der Waals surface area contributed by atoms with Crippen molar-refractivity contribution in [2.45, 2.75) is 78.8 Å². The monoisotopic (exact) mass is 275 g/mol. The van der Waals surface area contributed by atoms with E-state index in [-0.39, 0.29) is 5.41 Å². The van der Waals surface area contributed by atoms with Gasteiger partial charge in [0.1, 0.15) is 0 Å². The Bertz CT molecular complexity index is 370. The Morgan fingerprint density at radius 3 is 2.05 bits per heavy atom. The van der Waals surface area contributed by atoms with Gasteiger partial charge < -0.3 is 5.32 Å². The molecular weight excluding hydrogens is 242 g/mol. The van der Waals surface area contributed by atoms with E-state index >= 15 is 0 Å². The lowest BCUT2D eigenvalue weighted by Gasteiger charge is -2.19. The molecule has 0 fully saturated rings. The average molecular weight is 275 g/mol. The first-order valence-corrected chi connectivity index (χ1v) is 8.12. The molecule has 0 aliphatic heterocycles.